The quantitative estimate of drug-likeness (QED) is 0.0175. The fourth-order valence-electron chi connectivity index (χ4n) is 6.51. The van der Waals surface area contributed by atoms with E-state index in [0.29, 0.717) is 44.9 Å². The van der Waals surface area contributed by atoms with Gasteiger partial charge in [0.2, 0.25) is 0 Å². The van der Waals surface area contributed by atoms with Crippen LogP contribution < -0.4 is 18.9 Å². The van der Waals surface area contributed by atoms with E-state index in [1.165, 1.54) is 48.6 Å². The number of aliphatic hydroxyl groups is 4. The van der Waals surface area contributed by atoms with Crippen LogP contribution in [0.5, 0.6) is 23.0 Å². The number of rotatable bonds is 30. The lowest BCUT2D eigenvalue weighted by Gasteiger charge is -2.21. The molecule has 16 heteroatoms. The molecular formula is C57H64O16. The highest BCUT2D eigenvalue weighted by Crippen LogP contribution is 2.38. The lowest BCUT2D eigenvalue weighted by Crippen LogP contribution is -2.25. The smallest absolute Gasteiger partial charge is 0.330 e. The van der Waals surface area contributed by atoms with Crippen molar-refractivity contribution in [2.45, 2.75) is 58.5 Å². The zero-order valence-corrected chi connectivity index (χ0v) is 41.4. The van der Waals surface area contributed by atoms with Gasteiger partial charge in [-0.1, -0.05) is 97.2 Å². The Balaban J connectivity index is 1.74. The van der Waals surface area contributed by atoms with Crippen molar-refractivity contribution >= 4 is 45.4 Å². The molecule has 0 saturated carbocycles. The van der Waals surface area contributed by atoms with E-state index in [9.17, 15) is 39.6 Å². The van der Waals surface area contributed by atoms with Gasteiger partial charge in [0.25, 0.3) is 0 Å². The van der Waals surface area contributed by atoms with Crippen molar-refractivity contribution in [3.05, 3.63) is 169 Å². The molecule has 16 nitrogen and oxygen atoms in total. The number of aliphatic hydroxyl groups excluding tert-OH is 4. The molecule has 0 radical (unpaired) electrons. The molecule has 0 spiro atoms. The van der Waals surface area contributed by atoms with E-state index in [1.54, 1.807) is 113 Å². The Morgan fingerprint density at radius 3 is 0.986 bits per heavy atom. The molecule has 0 heterocycles. The molecule has 4 rings (SSSR count). The number of carbonyl (C=O) groups excluding carboxylic acids is 4. The predicted molar refractivity (Wildman–Crippen MR) is 276 cm³/mol. The van der Waals surface area contributed by atoms with Crippen molar-refractivity contribution in [2.24, 2.45) is 0 Å². The predicted octanol–water partition coefficient (Wildman–Crippen LogP) is 7.24. The second-order valence-electron chi connectivity index (χ2n) is 15.9. The number of ether oxygens (including phenoxy) is 8. The number of hydrogen-bond acceptors (Lipinski definition) is 16. The Kier molecular flexibility index (Phi) is 25.6. The van der Waals surface area contributed by atoms with Crippen LogP contribution in [0.4, 0.5) is 0 Å². The molecule has 0 saturated heterocycles. The molecule has 0 bridgehead atoms. The third-order valence-electron chi connectivity index (χ3n) is 10.0. The summed E-state index contributed by atoms with van der Waals surface area (Å²) in [6.45, 7) is 4.82. The van der Waals surface area contributed by atoms with E-state index in [1.807, 2.05) is 24.3 Å². The highest BCUT2D eigenvalue weighted by Gasteiger charge is 2.21. The highest BCUT2D eigenvalue weighted by molar-refractivity contribution is 5.93. The number of carbonyl (C=O) groups is 4. The normalized spacial score (nSPS) is 13.8. The van der Waals surface area contributed by atoms with Gasteiger partial charge in [-0.3, -0.25) is 0 Å². The zero-order chi connectivity index (χ0) is 52.8. The van der Waals surface area contributed by atoms with Crippen LogP contribution in [-0.2, 0) is 44.5 Å². The van der Waals surface area contributed by atoms with Crippen molar-refractivity contribution < 1.29 is 77.5 Å². The number of fused-ring (bicyclic) bond motifs is 2. The Labute approximate surface area is 425 Å². The van der Waals surface area contributed by atoms with Crippen molar-refractivity contribution in [1.82, 2.24) is 0 Å². The van der Waals surface area contributed by atoms with E-state index in [0.717, 1.165) is 10.8 Å². The average Bonchev–Trinajstić information content (AvgIpc) is 3.39. The maximum absolute atomic E-state index is 12.2. The minimum atomic E-state index is -1.23. The van der Waals surface area contributed by atoms with Crippen LogP contribution in [0.15, 0.2) is 158 Å². The zero-order valence-electron chi connectivity index (χ0n) is 41.4. The summed E-state index contributed by atoms with van der Waals surface area (Å²) < 4.78 is 45.3. The van der Waals surface area contributed by atoms with E-state index in [2.05, 4.69) is 0 Å². The van der Waals surface area contributed by atoms with Gasteiger partial charge in [-0.2, -0.15) is 0 Å². The minimum Gasteiger partial charge on any atom is -0.491 e. The first-order valence-electron chi connectivity index (χ1n) is 23.5. The molecule has 0 aromatic heterocycles. The summed E-state index contributed by atoms with van der Waals surface area (Å²) >= 11 is 0. The summed E-state index contributed by atoms with van der Waals surface area (Å²) in [7, 11) is 0. The fraction of sp³-hybridized carbons (Fsp3) is 0.298. The monoisotopic (exact) mass is 1000 g/mol. The average molecular weight is 1010 g/mol. The van der Waals surface area contributed by atoms with E-state index < -0.39 is 48.3 Å². The Hall–Kier alpha value is -7.76. The van der Waals surface area contributed by atoms with E-state index in [-0.39, 0.29) is 59.3 Å². The fourth-order valence-corrected chi connectivity index (χ4v) is 6.51. The first kappa shape index (κ1) is 57.8. The summed E-state index contributed by atoms with van der Waals surface area (Å²) in [5.74, 6) is -1.20. The number of allylic oxidation sites excluding steroid dienone is 12. The van der Waals surface area contributed by atoms with Crippen LogP contribution in [0.3, 0.4) is 0 Å². The maximum atomic E-state index is 12.2. The largest absolute Gasteiger partial charge is 0.491 e. The lowest BCUT2D eigenvalue weighted by molar-refractivity contribution is -0.142. The van der Waals surface area contributed by atoms with Crippen LogP contribution in [0.2, 0.25) is 0 Å². The summed E-state index contributed by atoms with van der Waals surface area (Å²) in [5.41, 5.74) is 1.16. The van der Waals surface area contributed by atoms with Gasteiger partial charge < -0.3 is 58.3 Å². The molecule has 0 aliphatic carbocycles. The number of hydrogen-bond donors (Lipinski definition) is 4. The summed E-state index contributed by atoms with van der Waals surface area (Å²) in [5, 5.41) is 45.9. The maximum Gasteiger partial charge on any atom is 0.330 e. The summed E-state index contributed by atoms with van der Waals surface area (Å²) in [4.78, 5) is 48.6. The molecule has 73 heavy (non-hydrogen) atoms. The van der Waals surface area contributed by atoms with E-state index >= 15 is 0 Å². The molecule has 4 unspecified atom stereocenters. The molecule has 4 atom stereocenters. The molecule has 4 aromatic carbocycles. The van der Waals surface area contributed by atoms with Gasteiger partial charge in [0.1, 0.15) is 100 Å². The van der Waals surface area contributed by atoms with Crippen molar-refractivity contribution in [2.75, 3.05) is 52.9 Å². The van der Waals surface area contributed by atoms with Crippen molar-refractivity contribution in [1.29, 1.82) is 0 Å². The first-order chi connectivity index (χ1) is 35.3. The minimum absolute atomic E-state index is 0.0759. The Bertz CT molecular complexity index is 2480. The molecule has 4 aromatic rings. The van der Waals surface area contributed by atoms with Crippen LogP contribution >= 0.6 is 0 Å². The topological polar surface area (TPSA) is 223 Å². The summed E-state index contributed by atoms with van der Waals surface area (Å²) in [6, 6.07) is 17.6. The van der Waals surface area contributed by atoms with Gasteiger partial charge in [-0.05, 0) is 85.6 Å². The van der Waals surface area contributed by atoms with E-state index in [4.69, 9.17) is 37.9 Å². The first-order valence-corrected chi connectivity index (χ1v) is 23.5. The van der Waals surface area contributed by atoms with Gasteiger partial charge in [0.05, 0.1) is 0 Å². The second kappa shape index (κ2) is 32.3. The van der Waals surface area contributed by atoms with Crippen molar-refractivity contribution in [3.63, 3.8) is 0 Å². The SMILES string of the molecule is C/C=C/C=C/C(=O)OCC(O)COc1ccc2ccc(OCC(O)COC(=O)/C=C/C=C/C)c(Cc3c(OCC(O)COC(=O)/C=C/C=C/C)ccc4ccc(OCC(O)COC(=O)/C=C/C=C/C)cc34)c2c1. The van der Waals surface area contributed by atoms with Gasteiger partial charge >= 0.3 is 23.9 Å². The van der Waals surface area contributed by atoms with Gasteiger partial charge in [-0.25, -0.2) is 19.2 Å². The third-order valence-corrected chi connectivity index (χ3v) is 10.0. The van der Waals surface area contributed by atoms with Gasteiger partial charge in [0.15, 0.2) is 0 Å². The highest BCUT2D eigenvalue weighted by atomic mass is 16.6. The van der Waals surface area contributed by atoms with Gasteiger partial charge in [-0.15, -0.1) is 0 Å². The standard InChI is InChI=1S/C57H64O16/c1-5-9-13-17-54(62)70-36-42(58)32-66-46-25-21-40-23-27-52(68-34-44(60)38-72-56(64)19-15-11-7-3)50(48(40)29-46)31-51-49-30-47(67-33-43(59)37-71-55(63)18-14-10-6-2)26-22-41(49)24-28-53(51)69-35-45(61)39-73-57(65)20-16-12-8-4/h5-30,42-45,58-61H,31-39H2,1-4H3/b9-5+,10-6+,11-7+,12-8+,17-13+,18-14+,19-15+,20-16+. The van der Waals surface area contributed by atoms with Crippen LogP contribution in [0.25, 0.3) is 21.5 Å². The van der Waals surface area contributed by atoms with Gasteiger partial charge in [0, 0.05) is 41.9 Å². The van der Waals surface area contributed by atoms with Crippen LogP contribution in [-0.4, -0.2) is 122 Å². The lowest BCUT2D eigenvalue weighted by atomic mass is 9.93. The Morgan fingerprint density at radius 1 is 0.397 bits per heavy atom. The third kappa shape index (κ3) is 21.2. The molecule has 4 N–H and O–H groups in total. The molecule has 0 fully saturated rings. The molecular weight excluding hydrogens is 941 g/mol. The molecule has 0 aliphatic rings. The number of esters is 4. The number of benzene rings is 4. The second-order valence-corrected chi connectivity index (χ2v) is 15.9. The Morgan fingerprint density at radius 2 is 0.685 bits per heavy atom. The molecule has 388 valence electrons. The van der Waals surface area contributed by atoms with Crippen molar-refractivity contribution in [3.8, 4) is 23.0 Å². The van der Waals surface area contributed by atoms with Crippen LogP contribution in [0.1, 0.15) is 38.8 Å². The summed E-state index contributed by atoms with van der Waals surface area (Å²) in [6.07, 6.45) is 19.9. The molecule has 0 amide bonds. The van der Waals surface area contributed by atoms with Crippen LogP contribution in [0, 0.1) is 0 Å². The molecule has 0 aliphatic heterocycles.